The van der Waals surface area contributed by atoms with Gasteiger partial charge in [0.15, 0.2) is 6.23 Å². The minimum Gasteiger partial charge on any atom is -0.468 e. The van der Waals surface area contributed by atoms with Crippen LogP contribution in [0.2, 0.25) is 10.0 Å². The molecular formula is C20H15Cl2NO3. The van der Waals surface area contributed by atoms with E-state index in [0.29, 0.717) is 28.7 Å². The van der Waals surface area contributed by atoms with Gasteiger partial charge in [0.05, 0.1) is 18.4 Å². The molecule has 1 unspecified atom stereocenters. The number of halogens is 2. The van der Waals surface area contributed by atoms with E-state index in [0.717, 1.165) is 16.9 Å². The second-order valence-electron chi connectivity index (χ2n) is 6.06. The third-order valence-electron chi connectivity index (χ3n) is 4.32. The van der Waals surface area contributed by atoms with Crippen molar-refractivity contribution >= 4 is 29.2 Å². The summed E-state index contributed by atoms with van der Waals surface area (Å²) in [6, 6.07) is 16.5. The number of hydrogen-bond donors (Lipinski definition) is 0. The third kappa shape index (κ3) is 3.36. The maximum atomic E-state index is 12.2. The number of carbonyl (C=O) groups is 1. The number of nitrogens with zero attached hydrogens (tertiary/aromatic N) is 1. The summed E-state index contributed by atoms with van der Waals surface area (Å²) in [7, 11) is 0. The lowest BCUT2D eigenvalue weighted by molar-refractivity contribution is -0.0335. The first kappa shape index (κ1) is 17.2. The lowest BCUT2D eigenvalue weighted by Crippen LogP contribution is -2.28. The molecule has 0 N–H and O–H groups in total. The molecule has 1 aliphatic rings. The molecule has 4 rings (SSSR count). The van der Waals surface area contributed by atoms with E-state index >= 15 is 0 Å². The zero-order valence-corrected chi connectivity index (χ0v) is 15.2. The number of hydrogen-bond acceptors (Lipinski definition) is 4. The Morgan fingerprint density at radius 3 is 2.62 bits per heavy atom. The molecule has 0 saturated carbocycles. The summed E-state index contributed by atoms with van der Waals surface area (Å²) in [4.78, 5) is 14.2. The number of esters is 1. The Balaban J connectivity index is 1.68. The van der Waals surface area contributed by atoms with Crippen LogP contribution in [0.4, 0.5) is 0 Å². The van der Waals surface area contributed by atoms with Crippen molar-refractivity contribution < 1.29 is 13.9 Å². The molecule has 1 aromatic heterocycles. The van der Waals surface area contributed by atoms with Gasteiger partial charge in [0.1, 0.15) is 5.76 Å². The molecule has 2 aromatic carbocycles. The Labute approximate surface area is 160 Å². The molecule has 0 bridgehead atoms. The quantitative estimate of drug-likeness (QED) is 0.545. The summed E-state index contributed by atoms with van der Waals surface area (Å²) in [5.74, 6) is 0.452. The van der Waals surface area contributed by atoms with Crippen LogP contribution in [0.1, 0.15) is 33.5 Å². The minimum absolute atomic E-state index is 0.322. The van der Waals surface area contributed by atoms with Gasteiger partial charge in [0, 0.05) is 22.2 Å². The summed E-state index contributed by atoms with van der Waals surface area (Å²) in [6.07, 6.45) is 1.12. The van der Waals surface area contributed by atoms with Crippen molar-refractivity contribution in [3.63, 3.8) is 0 Å². The molecule has 2 heterocycles. The number of fused-ring (bicyclic) bond motifs is 1. The van der Waals surface area contributed by atoms with Crippen LogP contribution >= 0.6 is 23.2 Å². The fourth-order valence-corrected chi connectivity index (χ4v) is 3.56. The van der Waals surface area contributed by atoms with Gasteiger partial charge in [-0.25, -0.2) is 4.79 Å². The Kier molecular flexibility index (Phi) is 4.72. The molecule has 0 spiro atoms. The maximum absolute atomic E-state index is 12.2. The summed E-state index contributed by atoms with van der Waals surface area (Å²) >= 11 is 12.3. The molecule has 26 heavy (non-hydrogen) atoms. The van der Waals surface area contributed by atoms with E-state index in [9.17, 15) is 4.79 Å². The average Bonchev–Trinajstić information content (AvgIpc) is 3.25. The molecule has 132 valence electrons. The fraction of sp³-hybridized carbons (Fsp3) is 0.150. The normalized spacial score (nSPS) is 16.0. The highest BCUT2D eigenvalue weighted by Gasteiger charge is 2.35. The van der Waals surface area contributed by atoms with Crippen LogP contribution < -0.4 is 0 Å². The van der Waals surface area contributed by atoms with E-state index in [1.54, 1.807) is 24.5 Å². The summed E-state index contributed by atoms with van der Waals surface area (Å²) < 4.78 is 11.1. The highest BCUT2D eigenvalue weighted by molar-refractivity contribution is 6.35. The molecule has 0 saturated heterocycles. The zero-order chi connectivity index (χ0) is 18.1. The number of furan rings is 1. The molecule has 0 radical (unpaired) electrons. The summed E-state index contributed by atoms with van der Waals surface area (Å²) in [6.45, 7) is 0.946. The predicted molar refractivity (Wildman–Crippen MR) is 99.0 cm³/mol. The molecule has 0 fully saturated rings. The zero-order valence-electron chi connectivity index (χ0n) is 13.7. The van der Waals surface area contributed by atoms with Gasteiger partial charge in [-0.3, -0.25) is 4.90 Å². The first-order chi connectivity index (χ1) is 12.6. The van der Waals surface area contributed by atoms with Crippen LogP contribution in [-0.2, 0) is 17.8 Å². The topological polar surface area (TPSA) is 42.7 Å². The maximum Gasteiger partial charge on any atom is 0.340 e. The molecule has 1 atom stereocenters. The first-order valence-corrected chi connectivity index (χ1v) is 8.87. The van der Waals surface area contributed by atoms with Gasteiger partial charge in [0.2, 0.25) is 0 Å². The minimum atomic E-state index is -0.504. The van der Waals surface area contributed by atoms with Crippen LogP contribution in [0.25, 0.3) is 0 Å². The van der Waals surface area contributed by atoms with Crippen molar-refractivity contribution in [2.75, 3.05) is 0 Å². The van der Waals surface area contributed by atoms with Gasteiger partial charge < -0.3 is 9.15 Å². The third-order valence-corrected chi connectivity index (χ3v) is 4.91. The number of ether oxygens (including phenoxy) is 1. The summed E-state index contributed by atoms with van der Waals surface area (Å²) in [5.41, 5.74) is 2.32. The van der Waals surface area contributed by atoms with Crippen molar-refractivity contribution in [1.82, 2.24) is 4.90 Å². The average molecular weight is 388 g/mol. The summed E-state index contributed by atoms with van der Waals surface area (Å²) in [5, 5.41) is 1.15. The van der Waals surface area contributed by atoms with Gasteiger partial charge in [-0.2, -0.15) is 0 Å². The number of rotatable bonds is 5. The van der Waals surface area contributed by atoms with Crippen LogP contribution in [0.15, 0.2) is 65.3 Å². The van der Waals surface area contributed by atoms with E-state index in [1.165, 1.54) is 0 Å². The number of cyclic esters (lactones) is 1. The Hall–Kier alpha value is -2.27. The van der Waals surface area contributed by atoms with E-state index in [-0.39, 0.29) is 5.97 Å². The van der Waals surface area contributed by atoms with E-state index < -0.39 is 6.23 Å². The molecule has 6 heteroatoms. The van der Waals surface area contributed by atoms with Gasteiger partial charge >= 0.3 is 5.97 Å². The van der Waals surface area contributed by atoms with E-state index in [2.05, 4.69) is 0 Å². The smallest absolute Gasteiger partial charge is 0.340 e. The fourth-order valence-electron chi connectivity index (χ4n) is 3.09. The van der Waals surface area contributed by atoms with Crippen molar-refractivity contribution in [3.05, 3.63) is 93.4 Å². The Bertz CT molecular complexity index is 940. The largest absolute Gasteiger partial charge is 0.468 e. The first-order valence-electron chi connectivity index (χ1n) is 8.12. The molecular weight excluding hydrogens is 373 g/mol. The van der Waals surface area contributed by atoms with Crippen LogP contribution in [0.3, 0.4) is 0 Å². The highest BCUT2D eigenvalue weighted by Crippen LogP contribution is 2.36. The lowest BCUT2D eigenvalue weighted by Gasteiger charge is -2.27. The molecule has 0 amide bonds. The van der Waals surface area contributed by atoms with Crippen molar-refractivity contribution in [2.45, 2.75) is 19.3 Å². The molecule has 0 aliphatic carbocycles. The van der Waals surface area contributed by atoms with Crippen molar-refractivity contribution in [2.24, 2.45) is 0 Å². The molecule has 3 aromatic rings. The predicted octanol–water partition coefficient (Wildman–Crippen LogP) is 5.46. The van der Waals surface area contributed by atoms with Gasteiger partial charge in [-0.05, 0) is 35.9 Å². The molecule has 4 nitrogen and oxygen atoms in total. The van der Waals surface area contributed by atoms with Gasteiger partial charge in [-0.15, -0.1) is 0 Å². The monoisotopic (exact) mass is 387 g/mol. The van der Waals surface area contributed by atoms with Gasteiger partial charge in [-0.1, -0.05) is 47.5 Å². The SMILES string of the molecule is O=C1OC(N(Cc2ccco2)Cc2ccc(Cl)cc2Cl)c2ccccc21. The standard InChI is InChI=1S/C20H15Cl2NO3/c21-14-8-7-13(18(22)10-14)11-23(12-15-4-3-9-25-15)19-16-5-1-2-6-17(16)20(24)26-19/h1-10,19H,11-12H2. The van der Waals surface area contributed by atoms with Crippen molar-refractivity contribution in [1.29, 1.82) is 0 Å². The Morgan fingerprint density at radius 1 is 1.00 bits per heavy atom. The second kappa shape index (κ2) is 7.16. The van der Waals surface area contributed by atoms with E-state index in [4.69, 9.17) is 32.4 Å². The highest BCUT2D eigenvalue weighted by atomic mass is 35.5. The Morgan fingerprint density at radius 2 is 1.85 bits per heavy atom. The molecule has 1 aliphatic heterocycles. The number of carbonyl (C=O) groups excluding carboxylic acids is 1. The van der Waals surface area contributed by atoms with Crippen LogP contribution in [0.5, 0.6) is 0 Å². The lowest BCUT2D eigenvalue weighted by atomic mass is 10.1. The second-order valence-corrected chi connectivity index (χ2v) is 6.91. The van der Waals surface area contributed by atoms with Gasteiger partial charge in [0.25, 0.3) is 0 Å². The number of benzene rings is 2. The van der Waals surface area contributed by atoms with Crippen LogP contribution in [-0.4, -0.2) is 10.9 Å². The van der Waals surface area contributed by atoms with E-state index in [1.807, 2.05) is 41.3 Å². The van der Waals surface area contributed by atoms with Crippen molar-refractivity contribution in [3.8, 4) is 0 Å². The van der Waals surface area contributed by atoms with Crippen LogP contribution in [0, 0.1) is 0 Å².